The predicted octanol–water partition coefficient (Wildman–Crippen LogP) is 3.42. The molecule has 0 fully saturated rings. The third-order valence-corrected chi connectivity index (χ3v) is 3.53. The van der Waals surface area contributed by atoms with Crippen molar-refractivity contribution < 1.29 is 18.6 Å². The molecule has 1 heterocycles. The molecule has 5 heteroatoms. The minimum atomic E-state index is -3.41. The molecule has 1 aromatic carbocycles. The number of rotatable bonds is 1. The summed E-state index contributed by atoms with van der Waals surface area (Å²) < 4.78 is 32.8. The van der Waals surface area contributed by atoms with Crippen LogP contribution in [0.25, 0.3) is 0 Å². The van der Waals surface area contributed by atoms with E-state index in [2.05, 4.69) is 15.9 Å². The van der Waals surface area contributed by atoms with Gasteiger partial charge in [-0.25, -0.2) is 0 Å². The first kappa shape index (κ1) is 12.8. The molecule has 1 aromatic rings. The average Bonchev–Trinajstić information content (AvgIpc) is 2.14. The highest BCUT2D eigenvalue weighted by Gasteiger charge is 2.58. The molecule has 1 N–H and O–H groups in total. The second-order valence-corrected chi connectivity index (χ2v) is 5.89. The molecule has 1 aliphatic rings. The molecule has 0 radical (unpaired) electrons. The standard InChI is InChI=1S/C12H13BrF2O2/c1-10(2)7-11(16,12(13,14)15)8-5-3-4-6-9(8)17-10/h3-6,16H,7H2,1-2H3. The number of fused-ring (bicyclic) bond motifs is 1. The van der Waals surface area contributed by atoms with Crippen LogP contribution in [0.2, 0.25) is 0 Å². The van der Waals surface area contributed by atoms with Crippen LogP contribution in [0.3, 0.4) is 0 Å². The Hall–Kier alpha value is -0.680. The smallest absolute Gasteiger partial charge is 0.333 e. The number of halogens is 3. The van der Waals surface area contributed by atoms with Crippen LogP contribution in [0.15, 0.2) is 24.3 Å². The molecule has 2 nitrogen and oxygen atoms in total. The fourth-order valence-corrected chi connectivity index (χ4v) is 2.55. The van der Waals surface area contributed by atoms with Crippen LogP contribution in [0.5, 0.6) is 5.75 Å². The summed E-state index contributed by atoms with van der Waals surface area (Å²) in [4.78, 5) is -3.41. The zero-order valence-electron chi connectivity index (χ0n) is 9.51. The van der Waals surface area contributed by atoms with E-state index in [0.717, 1.165) is 0 Å². The van der Waals surface area contributed by atoms with Crippen LogP contribution < -0.4 is 4.74 Å². The van der Waals surface area contributed by atoms with Gasteiger partial charge in [0.15, 0.2) is 5.60 Å². The van der Waals surface area contributed by atoms with Gasteiger partial charge in [0.2, 0.25) is 0 Å². The van der Waals surface area contributed by atoms with Gasteiger partial charge in [-0.3, -0.25) is 0 Å². The summed E-state index contributed by atoms with van der Waals surface area (Å²) in [7, 11) is 0. The first-order valence-electron chi connectivity index (χ1n) is 5.23. The maximum absolute atomic E-state index is 13.6. The molecule has 2 rings (SSSR count). The van der Waals surface area contributed by atoms with E-state index in [4.69, 9.17) is 4.74 Å². The Morgan fingerprint density at radius 3 is 2.53 bits per heavy atom. The highest BCUT2D eigenvalue weighted by molar-refractivity contribution is 9.10. The number of benzene rings is 1. The minimum Gasteiger partial charge on any atom is -0.487 e. The maximum Gasteiger partial charge on any atom is 0.333 e. The van der Waals surface area contributed by atoms with E-state index in [1.807, 2.05) is 0 Å². The maximum atomic E-state index is 13.6. The van der Waals surface area contributed by atoms with Crippen LogP contribution >= 0.6 is 15.9 Å². The highest BCUT2D eigenvalue weighted by atomic mass is 79.9. The number of aliphatic hydroxyl groups is 1. The summed E-state index contributed by atoms with van der Waals surface area (Å²) in [5, 5.41) is 10.3. The molecule has 0 aromatic heterocycles. The van der Waals surface area contributed by atoms with Crippen molar-refractivity contribution in [2.75, 3.05) is 0 Å². The third-order valence-electron chi connectivity index (χ3n) is 2.87. The zero-order chi connectivity index (χ0) is 12.9. The average molecular weight is 307 g/mol. The number of ether oxygens (including phenoxy) is 1. The summed E-state index contributed by atoms with van der Waals surface area (Å²) in [5.74, 6) is 0.297. The molecule has 1 unspecified atom stereocenters. The van der Waals surface area contributed by atoms with Crippen molar-refractivity contribution in [2.24, 2.45) is 0 Å². The summed E-state index contributed by atoms with van der Waals surface area (Å²) in [6.45, 7) is 3.35. The quantitative estimate of drug-likeness (QED) is 0.806. The molecule has 0 amide bonds. The largest absolute Gasteiger partial charge is 0.487 e. The Morgan fingerprint density at radius 2 is 1.94 bits per heavy atom. The SMILES string of the molecule is CC1(C)CC(O)(C(F)(F)Br)c2ccccc2O1. The first-order valence-corrected chi connectivity index (χ1v) is 6.03. The molecule has 1 aliphatic heterocycles. The number of para-hydroxylation sites is 1. The normalized spacial score (nSPS) is 27.2. The number of hydrogen-bond acceptors (Lipinski definition) is 2. The molecule has 0 bridgehead atoms. The molecule has 94 valence electrons. The van der Waals surface area contributed by atoms with E-state index in [-0.39, 0.29) is 12.0 Å². The van der Waals surface area contributed by atoms with Gasteiger partial charge >= 0.3 is 4.83 Å². The fourth-order valence-electron chi connectivity index (χ4n) is 2.20. The van der Waals surface area contributed by atoms with E-state index in [1.165, 1.54) is 6.07 Å². The van der Waals surface area contributed by atoms with Crippen molar-refractivity contribution in [3.05, 3.63) is 29.8 Å². The van der Waals surface area contributed by atoms with Crippen molar-refractivity contribution in [3.8, 4) is 5.75 Å². The van der Waals surface area contributed by atoms with Crippen molar-refractivity contribution in [1.82, 2.24) is 0 Å². The molecular weight excluding hydrogens is 294 g/mol. The van der Waals surface area contributed by atoms with Crippen LogP contribution in [0.1, 0.15) is 25.8 Å². The molecular formula is C12H13BrF2O2. The van der Waals surface area contributed by atoms with E-state index < -0.39 is 16.0 Å². The van der Waals surface area contributed by atoms with Gasteiger partial charge in [-0.1, -0.05) is 18.2 Å². The van der Waals surface area contributed by atoms with Crippen molar-refractivity contribution in [2.45, 2.75) is 36.3 Å². The summed E-state index contributed by atoms with van der Waals surface area (Å²) >= 11 is 2.28. The lowest BCUT2D eigenvalue weighted by atomic mass is 9.80. The van der Waals surface area contributed by atoms with E-state index >= 15 is 0 Å². The second kappa shape index (κ2) is 3.65. The highest BCUT2D eigenvalue weighted by Crippen LogP contribution is 2.53. The minimum absolute atomic E-state index is 0.112. The summed E-state index contributed by atoms with van der Waals surface area (Å²) in [6.07, 6.45) is -0.185. The Morgan fingerprint density at radius 1 is 1.35 bits per heavy atom. The summed E-state index contributed by atoms with van der Waals surface area (Å²) in [6, 6.07) is 6.33. The van der Waals surface area contributed by atoms with E-state index in [9.17, 15) is 13.9 Å². The van der Waals surface area contributed by atoms with Crippen molar-refractivity contribution in [3.63, 3.8) is 0 Å². The van der Waals surface area contributed by atoms with E-state index in [0.29, 0.717) is 5.75 Å². The fraction of sp³-hybridized carbons (Fsp3) is 0.500. The van der Waals surface area contributed by atoms with Gasteiger partial charge in [0, 0.05) is 12.0 Å². The Labute approximate surface area is 107 Å². The van der Waals surface area contributed by atoms with Gasteiger partial charge < -0.3 is 9.84 Å². The third kappa shape index (κ3) is 2.06. The monoisotopic (exact) mass is 306 g/mol. The van der Waals surface area contributed by atoms with Gasteiger partial charge in [0.1, 0.15) is 11.4 Å². The lowest BCUT2D eigenvalue weighted by Crippen LogP contribution is -2.51. The lowest BCUT2D eigenvalue weighted by Gasteiger charge is -2.44. The van der Waals surface area contributed by atoms with Gasteiger partial charge in [0.05, 0.1) is 0 Å². The van der Waals surface area contributed by atoms with Crippen molar-refractivity contribution in [1.29, 1.82) is 0 Å². The second-order valence-electron chi connectivity index (χ2n) is 4.89. The first-order chi connectivity index (χ1) is 7.66. The molecule has 17 heavy (non-hydrogen) atoms. The van der Waals surface area contributed by atoms with Crippen LogP contribution in [-0.4, -0.2) is 15.5 Å². The zero-order valence-corrected chi connectivity index (χ0v) is 11.1. The van der Waals surface area contributed by atoms with Crippen LogP contribution in [-0.2, 0) is 5.60 Å². The lowest BCUT2D eigenvalue weighted by molar-refractivity contribution is -0.164. The van der Waals surface area contributed by atoms with Crippen LogP contribution in [0.4, 0.5) is 8.78 Å². The molecule has 1 atom stereocenters. The summed E-state index contributed by atoms with van der Waals surface area (Å²) in [5.41, 5.74) is -2.99. The molecule has 0 aliphatic carbocycles. The topological polar surface area (TPSA) is 29.5 Å². The molecule has 0 saturated heterocycles. The van der Waals surface area contributed by atoms with Crippen LogP contribution in [0, 0.1) is 0 Å². The molecule has 0 spiro atoms. The Bertz CT molecular complexity index is 442. The number of hydrogen-bond donors (Lipinski definition) is 1. The van der Waals surface area contributed by atoms with Crippen molar-refractivity contribution >= 4 is 15.9 Å². The van der Waals surface area contributed by atoms with Gasteiger partial charge in [0.25, 0.3) is 0 Å². The predicted molar refractivity (Wildman–Crippen MR) is 63.5 cm³/mol. The van der Waals surface area contributed by atoms with Gasteiger partial charge in [-0.05, 0) is 35.8 Å². The van der Waals surface area contributed by atoms with Gasteiger partial charge in [-0.15, -0.1) is 0 Å². The molecule has 0 saturated carbocycles. The Balaban J connectivity index is 2.62. The van der Waals surface area contributed by atoms with E-state index in [1.54, 1.807) is 32.0 Å². The number of alkyl halides is 3. The Kier molecular flexibility index (Phi) is 2.74. The van der Waals surface area contributed by atoms with Gasteiger partial charge in [-0.2, -0.15) is 8.78 Å².